The van der Waals surface area contributed by atoms with Crippen molar-refractivity contribution in [2.75, 3.05) is 0 Å². The highest BCUT2D eigenvalue weighted by atomic mass is 19.4. The molecule has 12 heavy (non-hydrogen) atoms. The van der Waals surface area contributed by atoms with E-state index in [1.54, 1.807) is 0 Å². The maximum Gasteiger partial charge on any atom is 0.457 e. The Bertz CT molecular complexity index is 204. The Labute approximate surface area is 63.3 Å². The summed E-state index contributed by atoms with van der Waals surface area (Å²) in [6.07, 6.45) is -6.92. The van der Waals surface area contributed by atoms with E-state index in [1.807, 2.05) is 0 Å². The number of hydrogen-bond donors (Lipinski definition) is 0. The van der Waals surface area contributed by atoms with Crippen LogP contribution >= 0.6 is 0 Å². The smallest absolute Gasteiger partial charge is 0.457 e. The van der Waals surface area contributed by atoms with Crippen molar-refractivity contribution in [1.82, 2.24) is 0 Å². The highest BCUT2D eigenvalue weighted by molar-refractivity contribution is 5.77. The minimum absolute atomic E-state index is 0.368. The molecule has 0 aliphatic heterocycles. The zero-order valence-electron chi connectivity index (χ0n) is 5.36. The second-order valence-corrected chi connectivity index (χ2v) is 1.77. The van der Waals surface area contributed by atoms with Crippen LogP contribution in [0.4, 0.5) is 22.0 Å². The van der Waals surface area contributed by atoms with Gasteiger partial charge in [0.05, 0.1) is 5.97 Å². The highest BCUT2D eigenvalue weighted by Gasteiger charge is 2.55. The van der Waals surface area contributed by atoms with Crippen LogP contribution in [0.5, 0.6) is 0 Å². The fourth-order valence-corrected chi connectivity index (χ4v) is 0.267. The molecule has 0 aliphatic rings. The Hall–Kier alpha value is -1.14. The van der Waals surface area contributed by atoms with Crippen LogP contribution in [-0.2, 0) is 4.79 Å². The Morgan fingerprint density at radius 2 is 1.58 bits per heavy atom. The third kappa shape index (κ3) is 2.85. The summed E-state index contributed by atoms with van der Waals surface area (Å²) in [7, 11) is 0. The number of carboxylic acids is 1. The first-order valence-corrected chi connectivity index (χ1v) is 2.51. The normalized spacial score (nSPS) is 13.8. The van der Waals surface area contributed by atoms with Crippen LogP contribution in [0.1, 0.15) is 0 Å². The molecular formula is C5H2F5O2-. The van der Waals surface area contributed by atoms with Gasteiger partial charge in [-0.1, -0.05) is 0 Å². The van der Waals surface area contributed by atoms with Gasteiger partial charge in [-0.15, -0.1) is 0 Å². The van der Waals surface area contributed by atoms with Crippen molar-refractivity contribution in [2.45, 2.75) is 12.1 Å². The predicted molar refractivity (Wildman–Crippen MR) is 25.1 cm³/mol. The molecule has 0 N–H and O–H groups in total. The summed E-state index contributed by atoms with van der Waals surface area (Å²) < 4.78 is 57.4. The molecule has 0 rings (SSSR count). The van der Waals surface area contributed by atoms with Crippen molar-refractivity contribution in [2.24, 2.45) is 0 Å². The van der Waals surface area contributed by atoms with Gasteiger partial charge in [-0.05, 0) is 12.2 Å². The maximum atomic E-state index is 11.8. The fraction of sp³-hybridized carbons (Fsp3) is 0.400. The lowest BCUT2D eigenvalue weighted by Gasteiger charge is -2.15. The molecule has 0 aliphatic carbocycles. The van der Waals surface area contributed by atoms with E-state index in [4.69, 9.17) is 0 Å². The van der Waals surface area contributed by atoms with Crippen LogP contribution in [0, 0.1) is 0 Å². The van der Waals surface area contributed by atoms with Crippen molar-refractivity contribution >= 4 is 5.97 Å². The van der Waals surface area contributed by atoms with Crippen LogP contribution in [0.25, 0.3) is 0 Å². The molecule has 70 valence electrons. The van der Waals surface area contributed by atoms with Crippen LogP contribution in [-0.4, -0.2) is 18.1 Å². The lowest BCUT2D eigenvalue weighted by Crippen LogP contribution is -2.34. The minimum Gasteiger partial charge on any atom is -0.545 e. The van der Waals surface area contributed by atoms with E-state index in [0.29, 0.717) is 0 Å². The molecule has 0 amide bonds. The zero-order chi connectivity index (χ0) is 9.99. The number of hydrogen-bond acceptors (Lipinski definition) is 2. The van der Waals surface area contributed by atoms with E-state index >= 15 is 0 Å². The fourth-order valence-electron chi connectivity index (χ4n) is 0.267. The average Bonchev–Trinajstić information content (AvgIpc) is 1.81. The van der Waals surface area contributed by atoms with Crippen LogP contribution in [0.15, 0.2) is 12.2 Å². The summed E-state index contributed by atoms with van der Waals surface area (Å²) in [5, 5.41) is 9.47. The van der Waals surface area contributed by atoms with Crippen LogP contribution in [0.3, 0.4) is 0 Å². The van der Waals surface area contributed by atoms with Gasteiger partial charge in [-0.2, -0.15) is 22.0 Å². The van der Waals surface area contributed by atoms with Crippen molar-refractivity contribution in [3.05, 3.63) is 12.2 Å². The van der Waals surface area contributed by atoms with Gasteiger partial charge in [0.25, 0.3) is 0 Å². The van der Waals surface area contributed by atoms with Gasteiger partial charge in [-0.25, -0.2) is 0 Å². The molecule has 0 saturated carbocycles. The molecule has 0 aromatic heterocycles. The zero-order valence-corrected chi connectivity index (χ0v) is 5.36. The topological polar surface area (TPSA) is 40.1 Å². The van der Waals surface area contributed by atoms with Gasteiger partial charge < -0.3 is 9.90 Å². The molecule has 0 radical (unpaired) electrons. The first kappa shape index (κ1) is 10.9. The van der Waals surface area contributed by atoms with Gasteiger partial charge in [0.2, 0.25) is 0 Å². The third-order valence-electron chi connectivity index (χ3n) is 0.807. The molecule has 0 fully saturated rings. The van der Waals surface area contributed by atoms with E-state index in [-0.39, 0.29) is 6.08 Å². The minimum atomic E-state index is -5.78. The number of carboxylic acid groups (broad SMARTS) is 1. The number of carbonyl (C=O) groups excluding carboxylic acids is 1. The monoisotopic (exact) mass is 189 g/mol. The number of alkyl halides is 5. The molecule has 2 nitrogen and oxygen atoms in total. The Balaban J connectivity index is 4.54. The van der Waals surface area contributed by atoms with E-state index in [2.05, 4.69) is 0 Å². The summed E-state index contributed by atoms with van der Waals surface area (Å²) in [6, 6.07) is 0. The summed E-state index contributed by atoms with van der Waals surface area (Å²) in [5.41, 5.74) is 0. The molecule has 0 unspecified atom stereocenters. The number of allylic oxidation sites excluding steroid dienone is 1. The highest BCUT2D eigenvalue weighted by Crippen LogP contribution is 2.36. The van der Waals surface area contributed by atoms with Gasteiger partial charge in [0.15, 0.2) is 0 Å². The molecular weight excluding hydrogens is 187 g/mol. The second kappa shape index (κ2) is 3.08. The largest absolute Gasteiger partial charge is 0.545 e. The summed E-state index contributed by atoms with van der Waals surface area (Å²) in [5.74, 6) is -7.24. The molecule has 7 heteroatoms. The summed E-state index contributed by atoms with van der Waals surface area (Å²) in [4.78, 5) is 9.47. The molecule has 0 spiro atoms. The van der Waals surface area contributed by atoms with E-state index < -0.39 is 24.1 Å². The van der Waals surface area contributed by atoms with E-state index in [9.17, 15) is 31.9 Å². The lowest BCUT2D eigenvalue weighted by atomic mass is 10.3. The SMILES string of the molecule is O=C([O-])C=CC(F)(F)C(F)(F)F. The number of rotatable bonds is 2. The van der Waals surface area contributed by atoms with Gasteiger partial charge >= 0.3 is 12.1 Å². The predicted octanol–water partition coefficient (Wildman–Crippen LogP) is 0.490. The Morgan fingerprint density at radius 1 is 1.17 bits per heavy atom. The van der Waals surface area contributed by atoms with Crippen molar-refractivity contribution in [3.63, 3.8) is 0 Å². The Morgan fingerprint density at radius 3 is 1.83 bits per heavy atom. The standard InChI is InChI=1S/C5H3F5O2/c6-4(7,5(8,9)10)2-1-3(11)12/h1-2H,(H,11,12)/p-1. The van der Waals surface area contributed by atoms with Gasteiger partial charge in [0, 0.05) is 0 Å². The molecule has 0 bridgehead atoms. The first-order valence-electron chi connectivity index (χ1n) is 2.51. The number of aliphatic carboxylic acids is 1. The Kier molecular flexibility index (Phi) is 2.78. The van der Waals surface area contributed by atoms with Crippen molar-refractivity contribution in [3.8, 4) is 0 Å². The summed E-state index contributed by atoms with van der Waals surface area (Å²) >= 11 is 0. The first-order chi connectivity index (χ1) is 5.17. The average molecular weight is 189 g/mol. The quantitative estimate of drug-likeness (QED) is 0.468. The lowest BCUT2D eigenvalue weighted by molar-refractivity contribution is -0.298. The second-order valence-electron chi connectivity index (χ2n) is 1.77. The van der Waals surface area contributed by atoms with Gasteiger partial charge in [0.1, 0.15) is 0 Å². The third-order valence-corrected chi connectivity index (χ3v) is 0.807. The number of carbonyl (C=O) groups is 1. The maximum absolute atomic E-state index is 11.8. The van der Waals surface area contributed by atoms with Gasteiger partial charge in [-0.3, -0.25) is 0 Å². The molecule has 0 aromatic carbocycles. The molecule has 0 atom stereocenters. The molecule has 0 aromatic rings. The van der Waals surface area contributed by atoms with Crippen molar-refractivity contribution in [1.29, 1.82) is 0 Å². The molecule has 0 heterocycles. The van der Waals surface area contributed by atoms with Crippen molar-refractivity contribution < 1.29 is 31.9 Å². The van der Waals surface area contributed by atoms with Crippen LogP contribution < -0.4 is 5.11 Å². The summed E-state index contributed by atoms with van der Waals surface area (Å²) in [6.45, 7) is 0. The molecule has 0 saturated heterocycles. The van der Waals surface area contributed by atoms with E-state index in [1.165, 1.54) is 0 Å². The van der Waals surface area contributed by atoms with Crippen LogP contribution in [0.2, 0.25) is 0 Å². The number of halogens is 5. The van der Waals surface area contributed by atoms with E-state index in [0.717, 1.165) is 0 Å².